The molecule has 0 aliphatic rings. The molecule has 0 atom stereocenters. The Labute approximate surface area is 203 Å². The third-order valence-corrected chi connectivity index (χ3v) is 5.27. The smallest absolute Gasteiger partial charge is 0.388 e. The number of hydrogen-bond donors (Lipinski definition) is 3. The Morgan fingerprint density at radius 2 is 1.80 bits per heavy atom. The lowest BCUT2D eigenvalue weighted by Crippen LogP contribution is -2.14. The van der Waals surface area contributed by atoms with E-state index in [1.54, 1.807) is 11.6 Å². The quantitative estimate of drug-likeness (QED) is 0.361. The van der Waals surface area contributed by atoms with Gasteiger partial charge in [-0.05, 0) is 30.7 Å². The van der Waals surface area contributed by atoms with Crippen molar-refractivity contribution in [3.63, 3.8) is 0 Å². The van der Waals surface area contributed by atoms with Crippen LogP contribution in [0.15, 0.2) is 30.3 Å². The predicted octanol–water partition coefficient (Wildman–Crippen LogP) is 5.99. The Balaban J connectivity index is 0.000000641. The molecule has 0 spiro atoms. The number of rotatable bonds is 5. The average Bonchev–Trinajstić information content (AvgIpc) is 3.12. The van der Waals surface area contributed by atoms with Crippen molar-refractivity contribution in [2.45, 2.75) is 39.5 Å². The number of aromatic hydroxyl groups is 1. The van der Waals surface area contributed by atoms with Gasteiger partial charge in [-0.1, -0.05) is 31.5 Å². The van der Waals surface area contributed by atoms with Gasteiger partial charge in [0.2, 0.25) is 0 Å². The van der Waals surface area contributed by atoms with E-state index in [0.717, 1.165) is 30.8 Å². The van der Waals surface area contributed by atoms with E-state index in [1.807, 2.05) is 6.92 Å². The van der Waals surface area contributed by atoms with Crippen molar-refractivity contribution in [3.05, 3.63) is 63.9 Å². The number of hydrogen-bond acceptors (Lipinski definition) is 4. The molecule has 0 fully saturated rings. The number of benzene rings is 2. The van der Waals surface area contributed by atoms with E-state index < -0.39 is 41.5 Å². The number of halogens is 6. The maximum absolute atomic E-state index is 14.8. The number of aliphatic hydroxyl groups is 1. The number of amides is 1. The van der Waals surface area contributed by atoms with Gasteiger partial charge in [-0.2, -0.15) is 13.2 Å². The van der Waals surface area contributed by atoms with Gasteiger partial charge in [0.05, 0.1) is 34.1 Å². The zero-order chi connectivity index (χ0) is 26.5. The summed E-state index contributed by atoms with van der Waals surface area (Å²) in [4.78, 5) is 16.7. The summed E-state index contributed by atoms with van der Waals surface area (Å²) in [6, 6.07) is 5.77. The Hall–Kier alpha value is -3.18. The standard InChI is InChI=1S/C20H18ClF2N3O3.C3H5F3/c1-3-16-15(9-27)24-19(26(16)2)10-8-17(28)11(7-14(10)23)20(29)25-18-12(21)5-4-6-13(18)22;1-2-3(4,5)6/h4-8,27-28H,3,9H2,1-2H3,(H,25,29);2H2,1H3. The topological polar surface area (TPSA) is 87.4 Å². The van der Waals surface area contributed by atoms with E-state index in [2.05, 4.69) is 10.3 Å². The van der Waals surface area contributed by atoms with E-state index in [4.69, 9.17) is 11.6 Å². The largest absolute Gasteiger partial charge is 0.507 e. The fourth-order valence-electron chi connectivity index (χ4n) is 3.11. The maximum Gasteiger partial charge on any atom is 0.388 e. The van der Waals surface area contributed by atoms with Crippen LogP contribution in [0.2, 0.25) is 5.02 Å². The highest BCUT2D eigenvalue weighted by molar-refractivity contribution is 6.34. The van der Waals surface area contributed by atoms with Gasteiger partial charge in [0.1, 0.15) is 23.2 Å². The SMILES string of the molecule is CCC(F)(F)F.CCc1c(CO)nc(-c2cc(O)c(C(=O)Nc3c(F)cccc3Cl)cc2F)n1C. The minimum atomic E-state index is -3.96. The number of imidazole rings is 1. The highest BCUT2D eigenvalue weighted by Crippen LogP contribution is 2.32. The summed E-state index contributed by atoms with van der Waals surface area (Å²) < 4.78 is 62.6. The Kier molecular flexibility index (Phi) is 9.22. The summed E-state index contributed by atoms with van der Waals surface area (Å²) in [6.45, 7) is 2.64. The van der Waals surface area contributed by atoms with E-state index >= 15 is 0 Å². The van der Waals surface area contributed by atoms with E-state index in [1.165, 1.54) is 12.1 Å². The minimum absolute atomic E-state index is 0.0356. The summed E-state index contributed by atoms with van der Waals surface area (Å²) >= 11 is 5.88. The van der Waals surface area contributed by atoms with Crippen molar-refractivity contribution in [3.8, 4) is 17.1 Å². The molecule has 0 unspecified atom stereocenters. The second-order valence-corrected chi connectivity index (χ2v) is 7.68. The number of carbonyl (C=O) groups excluding carboxylic acids is 1. The second-order valence-electron chi connectivity index (χ2n) is 7.27. The van der Waals surface area contributed by atoms with E-state index in [9.17, 15) is 37.0 Å². The molecule has 3 N–H and O–H groups in total. The molecule has 12 heteroatoms. The molecule has 0 aliphatic carbocycles. The molecule has 3 aromatic rings. The second kappa shape index (κ2) is 11.5. The number of nitrogens with zero attached hydrogens (tertiary/aromatic N) is 2. The molecule has 0 saturated heterocycles. The number of aliphatic hydroxyl groups excluding tert-OH is 1. The van der Waals surface area contributed by atoms with Crippen LogP contribution in [0.5, 0.6) is 5.75 Å². The van der Waals surface area contributed by atoms with Crippen LogP contribution in [-0.4, -0.2) is 31.8 Å². The van der Waals surface area contributed by atoms with Gasteiger partial charge in [-0.15, -0.1) is 0 Å². The first-order chi connectivity index (χ1) is 16.3. The van der Waals surface area contributed by atoms with Crippen LogP contribution in [0.1, 0.15) is 42.0 Å². The monoisotopic (exact) mass is 519 g/mol. The lowest BCUT2D eigenvalue weighted by molar-refractivity contribution is -0.130. The number of nitrogens with one attached hydrogen (secondary N) is 1. The molecule has 35 heavy (non-hydrogen) atoms. The van der Waals surface area contributed by atoms with Crippen molar-refractivity contribution in [2.75, 3.05) is 5.32 Å². The van der Waals surface area contributed by atoms with Crippen LogP contribution >= 0.6 is 11.6 Å². The number of phenolic OH excluding ortho intramolecular Hbond substituents is 1. The third-order valence-electron chi connectivity index (χ3n) is 4.95. The van der Waals surface area contributed by atoms with E-state index in [-0.39, 0.29) is 28.7 Å². The van der Waals surface area contributed by atoms with Crippen LogP contribution in [0.3, 0.4) is 0 Å². The highest BCUT2D eigenvalue weighted by atomic mass is 35.5. The molecule has 1 aromatic heterocycles. The minimum Gasteiger partial charge on any atom is -0.507 e. The number of para-hydroxylation sites is 1. The van der Waals surface area contributed by atoms with Gasteiger partial charge >= 0.3 is 6.18 Å². The Morgan fingerprint density at radius 1 is 1.17 bits per heavy atom. The number of phenols is 1. The number of carbonyl (C=O) groups is 1. The summed E-state index contributed by atoms with van der Waals surface area (Å²) in [6.07, 6.45) is -4.12. The van der Waals surface area contributed by atoms with Crippen LogP contribution in [0, 0.1) is 11.6 Å². The molecule has 0 saturated carbocycles. The van der Waals surface area contributed by atoms with Gasteiger partial charge in [-0.25, -0.2) is 13.8 Å². The van der Waals surface area contributed by atoms with Crippen LogP contribution in [0.25, 0.3) is 11.4 Å². The highest BCUT2D eigenvalue weighted by Gasteiger charge is 2.23. The Morgan fingerprint density at radius 3 is 2.29 bits per heavy atom. The van der Waals surface area contributed by atoms with Crippen molar-refractivity contribution >= 4 is 23.2 Å². The molecule has 1 amide bonds. The molecule has 2 aromatic carbocycles. The van der Waals surface area contributed by atoms with E-state index in [0.29, 0.717) is 12.1 Å². The van der Waals surface area contributed by atoms with Crippen LogP contribution < -0.4 is 5.32 Å². The number of alkyl halides is 3. The molecule has 190 valence electrons. The van der Waals surface area contributed by atoms with Gasteiger partial charge in [0, 0.05) is 19.2 Å². The lowest BCUT2D eigenvalue weighted by Gasteiger charge is -2.12. The summed E-state index contributed by atoms with van der Waals surface area (Å²) in [7, 11) is 1.66. The normalized spacial score (nSPS) is 11.1. The zero-order valence-electron chi connectivity index (χ0n) is 19.0. The molecular weight excluding hydrogens is 497 g/mol. The van der Waals surface area contributed by atoms with Gasteiger partial charge < -0.3 is 20.1 Å². The molecular formula is C23H23ClF5N3O3. The first kappa shape index (κ1) is 28.1. The first-order valence-electron chi connectivity index (χ1n) is 10.3. The number of anilines is 1. The fraction of sp³-hybridized carbons (Fsp3) is 0.304. The van der Waals surface area contributed by atoms with Crippen molar-refractivity contribution in [2.24, 2.45) is 7.05 Å². The maximum atomic E-state index is 14.8. The average molecular weight is 520 g/mol. The van der Waals surface area contributed by atoms with Crippen LogP contribution in [0.4, 0.5) is 27.6 Å². The van der Waals surface area contributed by atoms with Crippen molar-refractivity contribution < 1.29 is 37.0 Å². The van der Waals surface area contributed by atoms with Gasteiger partial charge in [0.15, 0.2) is 0 Å². The first-order valence-corrected chi connectivity index (χ1v) is 10.7. The van der Waals surface area contributed by atoms with Gasteiger partial charge in [-0.3, -0.25) is 4.79 Å². The Bertz CT molecular complexity index is 1190. The summed E-state index contributed by atoms with van der Waals surface area (Å²) in [5.74, 6) is -2.82. The lowest BCUT2D eigenvalue weighted by atomic mass is 10.1. The predicted molar refractivity (Wildman–Crippen MR) is 121 cm³/mol. The molecule has 0 bridgehead atoms. The molecule has 6 nitrogen and oxygen atoms in total. The van der Waals surface area contributed by atoms with Crippen LogP contribution in [-0.2, 0) is 20.1 Å². The molecule has 1 heterocycles. The van der Waals surface area contributed by atoms with Gasteiger partial charge in [0.25, 0.3) is 5.91 Å². The molecule has 3 rings (SSSR count). The fourth-order valence-corrected chi connectivity index (χ4v) is 3.32. The zero-order valence-corrected chi connectivity index (χ0v) is 19.7. The summed E-state index contributed by atoms with van der Waals surface area (Å²) in [5.41, 5.74) is 0.419. The molecule has 0 aliphatic heterocycles. The third kappa shape index (κ3) is 6.70. The number of aromatic nitrogens is 2. The molecule has 0 radical (unpaired) electrons. The summed E-state index contributed by atoms with van der Waals surface area (Å²) in [5, 5.41) is 22.0. The van der Waals surface area contributed by atoms with Crippen molar-refractivity contribution in [1.29, 1.82) is 0 Å². The van der Waals surface area contributed by atoms with Crippen molar-refractivity contribution in [1.82, 2.24) is 9.55 Å².